The fraction of sp³-hybridized carbons (Fsp3) is 0.941. The van der Waals surface area contributed by atoms with E-state index < -0.39 is 0 Å². The van der Waals surface area contributed by atoms with Crippen LogP contribution in [0.3, 0.4) is 0 Å². The molecule has 0 saturated carbocycles. The highest BCUT2D eigenvalue weighted by molar-refractivity contribution is 4.59. The highest BCUT2D eigenvalue weighted by atomic mass is 14.1. The van der Waals surface area contributed by atoms with Gasteiger partial charge in [-0.05, 0) is 5.92 Å². The minimum absolute atomic E-state index is 1.01. The molecule has 0 saturated heterocycles. The van der Waals surface area contributed by atoms with Gasteiger partial charge in [0.05, 0.1) is 0 Å². The summed E-state index contributed by atoms with van der Waals surface area (Å²) in [6.07, 6.45) is 18.3. The minimum Gasteiger partial charge on any atom is -0.0654 e. The van der Waals surface area contributed by atoms with Gasteiger partial charge in [0.15, 0.2) is 0 Å². The van der Waals surface area contributed by atoms with Crippen LogP contribution in [0.25, 0.3) is 0 Å². The summed E-state index contributed by atoms with van der Waals surface area (Å²) in [4.78, 5) is 0. The van der Waals surface area contributed by atoms with Gasteiger partial charge in [-0.15, -0.1) is 0 Å². The first-order valence-electron chi connectivity index (χ1n) is 8.14. The van der Waals surface area contributed by atoms with Crippen molar-refractivity contribution in [3.05, 3.63) is 6.92 Å². The first-order valence-corrected chi connectivity index (χ1v) is 8.14. The van der Waals surface area contributed by atoms with Gasteiger partial charge in [-0.1, -0.05) is 104 Å². The normalized spacial score (nSPS) is 11.3. The van der Waals surface area contributed by atoms with Gasteiger partial charge in [-0.3, -0.25) is 0 Å². The van der Waals surface area contributed by atoms with E-state index in [-0.39, 0.29) is 0 Å². The third kappa shape index (κ3) is 12.2. The molecule has 0 N–H and O–H groups in total. The van der Waals surface area contributed by atoms with E-state index in [0.29, 0.717) is 0 Å². The first-order chi connectivity index (χ1) is 8.35. The molecule has 0 spiro atoms. The fourth-order valence-corrected chi connectivity index (χ4v) is 2.55. The molecular weight excluding hydrogens is 204 g/mol. The third-order valence-corrected chi connectivity index (χ3v) is 3.91. The Labute approximate surface area is 111 Å². The molecule has 0 nitrogen and oxygen atoms in total. The lowest BCUT2D eigenvalue weighted by molar-refractivity contribution is 0.394. The molecule has 0 aromatic rings. The van der Waals surface area contributed by atoms with Crippen molar-refractivity contribution in [2.45, 2.75) is 97.3 Å². The van der Waals surface area contributed by atoms with E-state index in [0.717, 1.165) is 12.3 Å². The van der Waals surface area contributed by atoms with Crippen LogP contribution in [0.1, 0.15) is 97.3 Å². The van der Waals surface area contributed by atoms with E-state index in [4.69, 9.17) is 0 Å². The second kappa shape index (κ2) is 14.1. The molecule has 103 valence electrons. The second-order valence-electron chi connectivity index (χ2n) is 5.53. The van der Waals surface area contributed by atoms with E-state index in [1.54, 1.807) is 0 Å². The monoisotopic (exact) mass is 239 g/mol. The van der Waals surface area contributed by atoms with Crippen molar-refractivity contribution < 1.29 is 0 Å². The SMILES string of the molecule is [CH2]CCCCCCC(CC)CCCCCCC. The summed E-state index contributed by atoms with van der Waals surface area (Å²) in [5, 5.41) is 0. The molecule has 0 amide bonds. The summed E-state index contributed by atoms with van der Waals surface area (Å²) in [7, 11) is 0. The molecule has 0 fully saturated rings. The van der Waals surface area contributed by atoms with E-state index in [1.165, 1.54) is 77.0 Å². The van der Waals surface area contributed by atoms with Crippen LogP contribution in [0, 0.1) is 12.8 Å². The van der Waals surface area contributed by atoms with Gasteiger partial charge in [0.2, 0.25) is 0 Å². The predicted molar refractivity (Wildman–Crippen MR) is 80.2 cm³/mol. The van der Waals surface area contributed by atoms with Crippen LogP contribution in [0.2, 0.25) is 0 Å². The van der Waals surface area contributed by atoms with Crippen molar-refractivity contribution in [1.82, 2.24) is 0 Å². The Hall–Kier alpha value is 0. The van der Waals surface area contributed by atoms with E-state index in [2.05, 4.69) is 20.8 Å². The van der Waals surface area contributed by atoms with Crippen LogP contribution in [0.15, 0.2) is 0 Å². The molecule has 0 bridgehead atoms. The number of hydrogen-bond donors (Lipinski definition) is 0. The van der Waals surface area contributed by atoms with Gasteiger partial charge in [-0.2, -0.15) is 0 Å². The molecule has 0 aliphatic rings. The Morgan fingerprint density at radius 1 is 0.706 bits per heavy atom. The lowest BCUT2D eigenvalue weighted by atomic mass is 9.92. The molecule has 0 heteroatoms. The molecule has 1 unspecified atom stereocenters. The molecule has 0 aromatic carbocycles. The largest absolute Gasteiger partial charge is 0.0654 e. The summed E-state index contributed by atoms with van der Waals surface area (Å²) in [5.41, 5.74) is 0. The maximum absolute atomic E-state index is 3.90. The third-order valence-electron chi connectivity index (χ3n) is 3.91. The van der Waals surface area contributed by atoms with Gasteiger partial charge in [0, 0.05) is 0 Å². The topological polar surface area (TPSA) is 0 Å². The minimum atomic E-state index is 1.01. The molecule has 0 aliphatic heterocycles. The summed E-state index contributed by atoms with van der Waals surface area (Å²) in [6, 6.07) is 0. The average Bonchev–Trinajstić information content (AvgIpc) is 2.36. The summed E-state index contributed by atoms with van der Waals surface area (Å²) >= 11 is 0. The molecule has 1 radical (unpaired) electrons. The zero-order chi connectivity index (χ0) is 12.8. The van der Waals surface area contributed by atoms with Crippen molar-refractivity contribution >= 4 is 0 Å². The van der Waals surface area contributed by atoms with Crippen LogP contribution in [-0.2, 0) is 0 Å². The number of unbranched alkanes of at least 4 members (excludes halogenated alkanes) is 8. The Kier molecular flexibility index (Phi) is 14.1. The van der Waals surface area contributed by atoms with Crippen molar-refractivity contribution in [3.63, 3.8) is 0 Å². The molecule has 0 heterocycles. The average molecular weight is 239 g/mol. The zero-order valence-electron chi connectivity index (χ0n) is 12.5. The number of hydrogen-bond acceptors (Lipinski definition) is 0. The van der Waals surface area contributed by atoms with Gasteiger partial charge >= 0.3 is 0 Å². The van der Waals surface area contributed by atoms with Crippen LogP contribution in [0.4, 0.5) is 0 Å². The van der Waals surface area contributed by atoms with Gasteiger partial charge in [0.1, 0.15) is 0 Å². The van der Waals surface area contributed by atoms with Crippen LogP contribution >= 0.6 is 0 Å². The van der Waals surface area contributed by atoms with Crippen molar-refractivity contribution in [3.8, 4) is 0 Å². The Balaban J connectivity index is 3.30. The van der Waals surface area contributed by atoms with Gasteiger partial charge in [-0.25, -0.2) is 0 Å². The van der Waals surface area contributed by atoms with Gasteiger partial charge in [0.25, 0.3) is 0 Å². The van der Waals surface area contributed by atoms with Crippen molar-refractivity contribution in [2.24, 2.45) is 5.92 Å². The fourth-order valence-electron chi connectivity index (χ4n) is 2.55. The first kappa shape index (κ1) is 17.0. The van der Waals surface area contributed by atoms with Crippen LogP contribution in [0.5, 0.6) is 0 Å². The van der Waals surface area contributed by atoms with E-state index in [1.807, 2.05) is 0 Å². The zero-order valence-corrected chi connectivity index (χ0v) is 12.5. The maximum atomic E-state index is 3.90. The molecule has 0 aliphatic carbocycles. The second-order valence-corrected chi connectivity index (χ2v) is 5.53. The standard InChI is InChI=1S/C17H35/c1-4-7-9-11-13-15-17(6-3)16-14-12-10-8-5-2/h17H,1,4-16H2,2-3H3. The van der Waals surface area contributed by atoms with Crippen molar-refractivity contribution in [2.75, 3.05) is 0 Å². The molecular formula is C17H35. The Morgan fingerprint density at radius 3 is 1.71 bits per heavy atom. The highest BCUT2D eigenvalue weighted by Gasteiger charge is 2.05. The summed E-state index contributed by atoms with van der Waals surface area (Å²) in [5.74, 6) is 1.01. The smallest absolute Gasteiger partial charge is 0.0417 e. The quantitative estimate of drug-likeness (QED) is 0.320. The molecule has 1 atom stereocenters. The molecule has 17 heavy (non-hydrogen) atoms. The van der Waals surface area contributed by atoms with Crippen molar-refractivity contribution in [1.29, 1.82) is 0 Å². The van der Waals surface area contributed by atoms with Gasteiger partial charge < -0.3 is 0 Å². The van der Waals surface area contributed by atoms with E-state index in [9.17, 15) is 0 Å². The Morgan fingerprint density at radius 2 is 1.24 bits per heavy atom. The molecule has 0 rings (SSSR count). The predicted octanol–water partition coefficient (Wildman–Crippen LogP) is 6.55. The van der Waals surface area contributed by atoms with Crippen LogP contribution in [-0.4, -0.2) is 0 Å². The maximum Gasteiger partial charge on any atom is -0.0417 e. The lowest BCUT2D eigenvalue weighted by Crippen LogP contribution is -1.99. The van der Waals surface area contributed by atoms with Crippen LogP contribution < -0.4 is 0 Å². The highest BCUT2D eigenvalue weighted by Crippen LogP contribution is 2.21. The van der Waals surface area contributed by atoms with E-state index >= 15 is 0 Å². The summed E-state index contributed by atoms with van der Waals surface area (Å²) in [6.45, 7) is 8.56. The number of rotatable bonds is 13. The molecule has 0 aromatic heterocycles. The lowest BCUT2D eigenvalue weighted by Gasteiger charge is -2.14. The summed E-state index contributed by atoms with van der Waals surface area (Å²) < 4.78 is 0. The Bertz CT molecular complexity index is 114.